The monoisotopic (exact) mass is 377 g/mol. The Balaban J connectivity index is 0.00000182. The van der Waals surface area contributed by atoms with Crippen LogP contribution >= 0.6 is 23.7 Å². The fraction of sp³-hybridized carbons (Fsp3) is 0.500. The molecule has 25 heavy (non-hydrogen) atoms. The van der Waals surface area contributed by atoms with Gasteiger partial charge in [0.15, 0.2) is 0 Å². The van der Waals surface area contributed by atoms with E-state index in [0.29, 0.717) is 0 Å². The van der Waals surface area contributed by atoms with Crippen LogP contribution in [0.3, 0.4) is 0 Å². The van der Waals surface area contributed by atoms with Gasteiger partial charge in [-0.3, -0.25) is 9.80 Å². The molecule has 1 aromatic heterocycles. The normalized spacial score (nSPS) is 22.0. The van der Waals surface area contributed by atoms with Crippen LogP contribution in [0.1, 0.15) is 16.9 Å². The zero-order valence-corrected chi connectivity index (χ0v) is 16.5. The Bertz CT molecular complexity index is 664. The Morgan fingerprint density at radius 3 is 2.56 bits per heavy atom. The Kier molecular flexibility index (Phi) is 6.53. The molecule has 0 amide bonds. The molecule has 3 nitrogen and oxygen atoms in total. The number of nitrogens with one attached hydrogen (secondary N) is 1. The van der Waals surface area contributed by atoms with E-state index in [1.54, 1.807) is 0 Å². The summed E-state index contributed by atoms with van der Waals surface area (Å²) in [7, 11) is 0. The van der Waals surface area contributed by atoms with Crippen molar-refractivity contribution in [3.8, 4) is 10.4 Å². The van der Waals surface area contributed by atoms with Crippen LogP contribution in [-0.2, 0) is 6.54 Å². The van der Waals surface area contributed by atoms with Crippen molar-refractivity contribution in [3.63, 3.8) is 0 Å². The van der Waals surface area contributed by atoms with Crippen molar-refractivity contribution in [1.82, 2.24) is 15.1 Å². The van der Waals surface area contributed by atoms with E-state index in [2.05, 4.69) is 58.4 Å². The van der Waals surface area contributed by atoms with E-state index in [-0.39, 0.29) is 12.4 Å². The van der Waals surface area contributed by atoms with Crippen LogP contribution < -0.4 is 5.32 Å². The molecule has 2 aliphatic heterocycles. The van der Waals surface area contributed by atoms with Crippen molar-refractivity contribution in [2.75, 3.05) is 39.3 Å². The highest BCUT2D eigenvalue weighted by Gasteiger charge is 2.28. The summed E-state index contributed by atoms with van der Waals surface area (Å²) in [4.78, 5) is 8.20. The molecule has 0 spiro atoms. The van der Waals surface area contributed by atoms with Crippen molar-refractivity contribution >= 4 is 23.7 Å². The molecule has 0 aliphatic carbocycles. The lowest BCUT2D eigenvalue weighted by Gasteiger charge is -2.32. The zero-order valence-electron chi connectivity index (χ0n) is 14.9. The second-order valence-corrected chi connectivity index (χ2v) is 8.26. The van der Waals surface area contributed by atoms with Gasteiger partial charge in [0.1, 0.15) is 0 Å². The smallest absolute Gasteiger partial charge is 0.0346 e. The van der Waals surface area contributed by atoms with Gasteiger partial charge in [-0.15, -0.1) is 23.7 Å². The number of halogens is 1. The van der Waals surface area contributed by atoms with Crippen LogP contribution in [0.2, 0.25) is 0 Å². The molecule has 1 aromatic carbocycles. The molecule has 2 fully saturated rings. The highest BCUT2D eigenvalue weighted by molar-refractivity contribution is 7.15. The first-order valence-electron chi connectivity index (χ1n) is 9.11. The van der Waals surface area contributed by atoms with Crippen LogP contribution in [0, 0.1) is 6.92 Å². The number of likely N-dealkylation sites (tertiary alicyclic amines) is 1. The van der Waals surface area contributed by atoms with E-state index >= 15 is 0 Å². The van der Waals surface area contributed by atoms with Gasteiger partial charge in [0, 0.05) is 61.6 Å². The van der Waals surface area contributed by atoms with E-state index < -0.39 is 0 Å². The quantitative estimate of drug-likeness (QED) is 0.877. The third kappa shape index (κ3) is 4.63. The first kappa shape index (κ1) is 18.9. The van der Waals surface area contributed by atoms with Gasteiger partial charge in [0.05, 0.1) is 0 Å². The lowest BCUT2D eigenvalue weighted by atomic mass is 10.1. The fourth-order valence-electron chi connectivity index (χ4n) is 3.86. The average molecular weight is 378 g/mol. The number of hydrogen-bond acceptors (Lipinski definition) is 4. The Hall–Kier alpha value is -0.910. The molecule has 1 unspecified atom stereocenters. The molecule has 5 heteroatoms. The second-order valence-electron chi connectivity index (χ2n) is 7.10. The molecule has 0 bridgehead atoms. The first-order chi connectivity index (χ1) is 11.8. The number of nitrogens with zero attached hydrogens (tertiary/aromatic N) is 2. The maximum atomic E-state index is 3.46. The van der Waals surface area contributed by atoms with Crippen LogP contribution in [-0.4, -0.2) is 55.1 Å². The van der Waals surface area contributed by atoms with Gasteiger partial charge in [-0.05, 0) is 31.0 Å². The SMILES string of the molecule is Cc1ccc(-c2ccc(CN3CCC(N4CCNCC4)C3)s2)cc1.Cl. The van der Waals surface area contributed by atoms with Crippen molar-refractivity contribution < 1.29 is 0 Å². The van der Waals surface area contributed by atoms with Gasteiger partial charge in [0.2, 0.25) is 0 Å². The van der Waals surface area contributed by atoms with E-state index in [0.717, 1.165) is 25.7 Å². The Morgan fingerprint density at radius 1 is 1.04 bits per heavy atom. The van der Waals surface area contributed by atoms with Gasteiger partial charge in [-0.1, -0.05) is 29.8 Å². The third-order valence-electron chi connectivity index (χ3n) is 5.29. The van der Waals surface area contributed by atoms with Crippen LogP contribution in [0.5, 0.6) is 0 Å². The summed E-state index contributed by atoms with van der Waals surface area (Å²) >= 11 is 1.95. The number of benzene rings is 1. The molecule has 1 atom stereocenters. The topological polar surface area (TPSA) is 18.5 Å². The van der Waals surface area contributed by atoms with Crippen molar-refractivity contribution in [1.29, 1.82) is 0 Å². The number of thiophene rings is 1. The minimum Gasteiger partial charge on any atom is -0.314 e. The van der Waals surface area contributed by atoms with E-state index in [1.807, 2.05) is 11.3 Å². The van der Waals surface area contributed by atoms with Crippen LogP contribution in [0.15, 0.2) is 36.4 Å². The molecule has 1 N–H and O–H groups in total. The molecular weight excluding hydrogens is 350 g/mol. The summed E-state index contributed by atoms with van der Waals surface area (Å²) in [5, 5.41) is 3.46. The molecule has 0 radical (unpaired) electrons. The standard InChI is InChI=1S/C20H27N3S.ClH/c1-16-2-4-17(5-3-16)20-7-6-19(24-20)15-22-11-8-18(14-22)23-12-9-21-10-13-23;/h2-7,18,21H,8-15H2,1H3;1H. The highest BCUT2D eigenvalue weighted by Crippen LogP contribution is 2.30. The summed E-state index contributed by atoms with van der Waals surface area (Å²) in [6.07, 6.45) is 1.33. The summed E-state index contributed by atoms with van der Waals surface area (Å²) in [6, 6.07) is 14.2. The van der Waals surface area contributed by atoms with E-state index in [9.17, 15) is 0 Å². The summed E-state index contributed by atoms with van der Waals surface area (Å²) in [6.45, 7) is 10.5. The zero-order chi connectivity index (χ0) is 16.4. The summed E-state index contributed by atoms with van der Waals surface area (Å²) in [5.41, 5.74) is 2.67. The number of rotatable bonds is 4. The second kappa shape index (κ2) is 8.65. The first-order valence-corrected chi connectivity index (χ1v) is 9.92. The Labute approximate surface area is 161 Å². The van der Waals surface area contributed by atoms with Crippen molar-refractivity contribution in [2.24, 2.45) is 0 Å². The molecule has 2 saturated heterocycles. The fourth-order valence-corrected chi connectivity index (χ4v) is 4.91. The van der Waals surface area contributed by atoms with Crippen LogP contribution in [0.25, 0.3) is 10.4 Å². The number of piperazine rings is 1. The van der Waals surface area contributed by atoms with Gasteiger partial charge < -0.3 is 5.32 Å². The van der Waals surface area contributed by atoms with Gasteiger partial charge in [0.25, 0.3) is 0 Å². The maximum Gasteiger partial charge on any atom is 0.0346 e. The molecule has 3 heterocycles. The van der Waals surface area contributed by atoms with E-state index in [1.165, 1.54) is 53.5 Å². The molecule has 4 rings (SSSR count). The summed E-state index contributed by atoms with van der Waals surface area (Å²) < 4.78 is 0. The lowest BCUT2D eigenvalue weighted by molar-refractivity contribution is 0.170. The van der Waals surface area contributed by atoms with Crippen molar-refractivity contribution in [2.45, 2.75) is 25.9 Å². The highest BCUT2D eigenvalue weighted by atomic mass is 35.5. The maximum absolute atomic E-state index is 3.46. The largest absolute Gasteiger partial charge is 0.314 e. The lowest BCUT2D eigenvalue weighted by Crippen LogP contribution is -2.49. The van der Waals surface area contributed by atoms with Gasteiger partial charge >= 0.3 is 0 Å². The molecule has 0 saturated carbocycles. The number of aryl methyl sites for hydroxylation is 1. The van der Waals surface area contributed by atoms with Crippen LogP contribution in [0.4, 0.5) is 0 Å². The van der Waals surface area contributed by atoms with Gasteiger partial charge in [-0.2, -0.15) is 0 Å². The Morgan fingerprint density at radius 2 is 1.80 bits per heavy atom. The van der Waals surface area contributed by atoms with Crippen molar-refractivity contribution in [3.05, 3.63) is 46.8 Å². The summed E-state index contributed by atoms with van der Waals surface area (Å²) in [5.74, 6) is 0. The predicted molar refractivity (Wildman–Crippen MR) is 110 cm³/mol. The minimum absolute atomic E-state index is 0. The van der Waals surface area contributed by atoms with E-state index in [4.69, 9.17) is 0 Å². The predicted octanol–water partition coefficient (Wildman–Crippen LogP) is 3.62. The molecule has 2 aliphatic rings. The third-order valence-corrected chi connectivity index (χ3v) is 6.41. The number of hydrogen-bond donors (Lipinski definition) is 1. The minimum atomic E-state index is 0. The molecular formula is C20H28ClN3S. The molecule has 136 valence electrons. The average Bonchev–Trinajstić information content (AvgIpc) is 3.27. The van der Waals surface area contributed by atoms with Gasteiger partial charge in [-0.25, -0.2) is 0 Å². The molecule has 2 aromatic rings.